The van der Waals surface area contributed by atoms with Crippen molar-refractivity contribution in [2.24, 2.45) is 0 Å². The van der Waals surface area contributed by atoms with Gasteiger partial charge in [-0.15, -0.1) is 6.42 Å². The van der Waals surface area contributed by atoms with E-state index >= 15 is 4.39 Å². The predicted octanol–water partition coefficient (Wildman–Crippen LogP) is 5.17. The maximum absolute atomic E-state index is 16.1. The van der Waals surface area contributed by atoms with Crippen LogP contribution in [0, 0.1) is 18.2 Å². The highest BCUT2D eigenvalue weighted by atomic mass is 19.1. The molecule has 6 heterocycles. The van der Waals surface area contributed by atoms with Gasteiger partial charge < -0.3 is 20.1 Å². The van der Waals surface area contributed by atoms with Crippen LogP contribution in [0.25, 0.3) is 33.1 Å². The largest absolute Gasteiger partial charge is 0.508 e. The monoisotopic (exact) mass is 581 g/mol. The second-order valence-electron chi connectivity index (χ2n) is 12.6. The number of halogens is 2. The lowest BCUT2D eigenvalue weighted by Gasteiger charge is -2.35. The SMILES string of the molecule is C#Cc1cccc2cc(O)cc(-c3nc4nc(OC[C@@]56CCCN5C[C@H](F)C6)cc(N5CC6CCC(C5)N6)c4cc3F)c12. The molecule has 4 aromatic rings. The standard InChI is InChI=1S/C34H33F2N5O2/c1-2-20-5-3-6-21-11-25(42)12-27(31(20)21)32-28(36)13-26-29(40-17-23-7-8-24(18-40)37-23)14-30(38-33(26)39-32)43-19-34-9-4-10-41(34)16-22(35)15-34/h1,3,5-6,11-14,22-24,37,42H,4,7-10,15-19H2/t22-,23?,24?,34+/m1/s1. The Kier molecular flexibility index (Phi) is 6.21. The number of aromatic hydroxyl groups is 1. The minimum Gasteiger partial charge on any atom is -0.508 e. The first-order chi connectivity index (χ1) is 20.9. The third-order valence-corrected chi connectivity index (χ3v) is 9.89. The quantitative estimate of drug-likeness (QED) is 0.315. The van der Waals surface area contributed by atoms with Gasteiger partial charge in [0.2, 0.25) is 5.88 Å². The highest BCUT2D eigenvalue weighted by Gasteiger charge is 2.49. The van der Waals surface area contributed by atoms with E-state index in [2.05, 4.69) is 21.0 Å². The molecule has 7 nitrogen and oxygen atoms in total. The van der Waals surface area contributed by atoms with Crippen molar-refractivity contribution in [3.05, 3.63) is 53.8 Å². The second kappa shape index (κ2) is 10.0. The summed E-state index contributed by atoms with van der Waals surface area (Å²) in [7, 11) is 0. The number of fused-ring (bicyclic) bond motifs is 5. The number of terminal acetylenes is 1. The van der Waals surface area contributed by atoms with Crippen molar-refractivity contribution >= 4 is 27.5 Å². The van der Waals surface area contributed by atoms with E-state index in [9.17, 15) is 9.50 Å². The molecule has 2 unspecified atom stereocenters. The number of piperazine rings is 1. The Hall–Kier alpha value is -4.00. The summed E-state index contributed by atoms with van der Waals surface area (Å²) < 4.78 is 37.0. The third-order valence-electron chi connectivity index (χ3n) is 9.89. The van der Waals surface area contributed by atoms with E-state index < -0.39 is 12.0 Å². The van der Waals surface area contributed by atoms with Crippen molar-refractivity contribution in [3.8, 4) is 35.2 Å². The summed E-state index contributed by atoms with van der Waals surface area (Å²) in [5.41, 5.74) is 1.90. The van der Waals surface area contributed by atoms with Crippen molar-refractivity contribution in [3.63, 3.8) is 0 Å². The summed E-state index contributed by atoms with van der Waals surface area (Å²) in [6.07, 6.45) is 9.56. The maximum atomic E-state index is 16.1. The van der Waals surface area contributed by atoms with E-state index in [1.165, 1.54) is 12.1 Å². The lowest BCUT2D eigenvalue weighted by molar-refractivity contribution is 0.111. The molecule has 4 saturated heterocycles. The van der Waals surface area contributed by atoms with Gasteiger partial charge in [-0.05, 0) is 61.9 Å². The van der Waals surface area contributed by atoms with Gasteiger partial charge in [0.05, 0.1) is 11.2 Å². The molecular formula is C34H33F2N5O2. The lowest BCUT2D eigenvalue weighted by Crippen LogP contribution is -2.51. The Balaban J connectivity index is 1.26. The van der Waals surface area contributed by atoms with Crippen molar-refractivity contribution in [2.75, 3.05) is 37.7 Å². The van der Waals surface area contributed by atoms with Crippen LogP contribution in [0.1, 0.15) is 37.7 Å². The van der Waals surface area contributed by atoms with Crippen molar-refractivity contribution < 1.29 is 18.6 Å². The normalized spacial score (nSPS) is 26.7. The van der Waals surface area contributed by atoms with Gasteiger partial charge in [0.15, 0.2) is 5.65 Å². The summed E-state index contributed by atoms with van der Waals surface area (Å²) in [6, 6.07) is 12.7. The molecule has 2 N–H and O–H groups in total. The number of nitrogens with one attached hydrogen (secondary N) is 1. The van der Waals surface area contributed by atoms with Crippen LogP contribution in [-0.4, -0.2) is 76.6 Å². The fourth-order valence-corrected chi connectivity index (χ4v) is 7.98. The summed E-state index contributed by atoms with van der Waals surface area (Å²) >= 11 is 0. The Bertz CT molecular complexity index is 1800. The van der Waals surface area contributed by atoms with Crippen LogP contribution in [0.2, 0.25) is 0 Å². The molecule has 0 amide bonds. The number of hydrogen-bond acceptors (Lipinski definition) is 7. The zero-order valence-electron chi connectivity index (χ0n) is 23.8. The molecule has 2 aromatic carbocycles. The van der Waals surface area contributed by atoms with Gasteiger partial charge in [-0.2, -0.15) is 4.98 Å². The minimum atomic E-state index is -0.849. The van der Waals surface area contributed by atoms with Crippen LogP contribution < -0.4 is 15.0 Å². The van der Waals surface area contributed by atoms with Crippen molar-refractivity contribution in [1.29, 1.82) is 0 Å². The number of rotatable bonds is 5. The van der Waals surface area contributed by atoms with Crippen LogP contribution in [0.5, 0.6) is 11.6 Å². The fraction of sp³-hybridized carbons (Fsp3) is 0.412. The molecule has 0 spiro atoms. The molecule has 4 aliphatic rings. The van der Waals surface area contributed by atoms with Gasteiger partial charge in [0.25, 0.3) is 0 Å². The lowest BCUT2D eigenvalue weighted by atomic mass is 9.95. The van der Waals surface area contributed by atoms with Gasteiger partial charge in [-0.3, -0.25) is 4.90 Å². The summed E-state index contributed by atoms with van der Waals surface area (Å²) in [5.74, 6) is 2.54. The molecule has 0 radical (unpaired) electrons. The van der Waals surface area contributed by atoms with Crippen LogP contribution in [0.4, 0.5) is 14.5 Å². The molecule has 8 rings (SSSR count). The van der Waals surface area contributed by atoms with E-state index in [1.54, 1.807) is 12.1 Å². The molecular weight excluding hydrogens is 548 g/mol. The zero-order chi connectivity index (χ0) is 29.3. The Labute approximate surface area is 248 Å². The average molecular weight is 582 g/mol. The van der Waals surface area contributed by atoms with Crippen LogP contribution >= 0.6 is 0 Å². The molecule has 4 aliphatic heterocycles. The minimum absolute atomic E-state index is 0.0110. The molecule has 0 saturated carbocycles. The highest BCUT2D eigenvalue weighted by Crippen LogP contribution is 2.42. The molecule has 0 aliphatic carbocycles. The van der Waals surface area contributed by atoms with Gasteiger partial charge in [-0.1, -0.05) is 18.1 Å². The predicted molar refractivity (Wildman–Crippen MR) is 163 cm³/mol. The van der Waals surface area contributed by atoms with E-state index in [1.807, 2.05) is 18.2 Å². The molecule has 4 fully saturated rings. The van der Waals surface area contributed by atoms with Crippen molar-refractivity contribution in [2.45, 2.75) is 55.9 Å². The third kappa shape index (κ3) is 4.47. The molecule has 220 valence electrons. The van der Waals surface area contributed by atoms with E-state index in [-0.39, 0.29) is 17.0 Å². The molecule has 43 heavy (non-hydrogen) atoms. The summed E-state index contributed by atoms with van der Waals surface area (Å²) in [6.45, 7) is 3.26. The van der Waals surface area contributed by atoms with Gasteiger partial charge in [-0.25, -0.2) is 13.8 Å². The van der Waals surface area contributed by atoms with Gasteiger partial charge in [0, 0.05) is 66.1 Å². The van der Waals surface area contributed by atoms with Crippen molar-refractivity contribution in [1.82, 2.24) is 20.2 Å². The molecule has 9 heteroatoms. The maximum Gasteiger partial charge on any atom is 0.217 e. The smallest absolute Gasteiger partial charge is 0.217 e. The number of alkyl halides is 1. The Morgan fingerprint density at radius 1 is 1.12 bits per heavy atom. The first kappa shape index (κ1) is 26.6. The fourth-order valence-electron chi connectivity index (χ4n) is 7.98. The number of phenols is 1. The van der Waals surface area contributed by atoms with Crippen LogP contribution in [0.3, 0.4) is 0 Å². The average Bonchev–Trinajstić information content (AvgIpc) is 3.64. The van der Waals surface area contributed by atoms with Crippen LogP contribution in [-0.2, 0) is 0 Å². The zero-order valence-corrected chi connectivity index (χ0v) is 23.8. The summed E-state index contributed by atoms with van der Waals surface area (Å²) in [4.78, 5) is 14.1. The molecule has 4 atom stereocenters. The number of pyridine rings is 2. The molecule has 2 bridgehead atoms. The highest BCUT2D eigenvalue weighted by molar-refractivity contribution is 6.02. The number of anilines is 1. The number of aromatic nitrogens is 2. The summed E-state index contributed by atoms with van der Waals surface area (Å²) in [5, 5.41) is 16.1. The number of ether oxygens (including phenoxy) is 1. The van der Waals surface area contributed by atoms with E-state index in [0.717, 1.165) is 51.0 Å². The number of phenolic OH excluding ortho intramolecular Hbond substituents is 1. The first-order valence-electron chi connectivity index (χ1n) is 15.2. The van der Waals surface area contributed by atoms with Gasteiger partial charge in [0.1, 0.15) is 30.0 Å². The Morgan fingerprint density at radius 3 is 2.77 bits per heavy atom. The second-order valence-corrected chi connectivity index (χ2v) is 12.6. The molecule has 2 aromatic heterocycles. The van der Waals surface area contributed by atoms with E-state index in [0.29, 0.717) is 70.5 Å². The van der Waals surface area contributed by atoms with E-state index in [4.69, 9.17) is 21.1 Å². The number of hydrogen-bond donors (Lipinski definition) is 2. The Morgan fingerprint density at radius 2 is 1.95 bits per heavy atom. The first-order valence-corrected chi connectivity index (χ1v) is 15.2. The topological polar surface area (TPSA) is 73.8 Å². The number of benzene rings is 2. The van der Waals surface area contributed by atoms with Crippen LogP contribution in [0.15, 0.2) is 42.5 Å². The van der Waals surface area contributed by atoms with Gasteiger partial charge >= 0.3 is 0 Å². The number of nitrogens with zero attached hydrogens (tertiary/aromatic N) is 4.